The highest BCUT2D eigenvalue weighted by Crippen LogP contribution is 2.13. The van der Waals surface area contributed by atoms with Crippen LogP contribution in [0.15, 0.2) is 53.7 Å². The van der Waals surface area contributed by atoms with Crippen LogP contribution in [-0.2, 0) is 11.3 Å². The van der Waals surface area contributed by atoms with Crippen LogP contribution in [0.5, 0.6) is 0 Å². The first-order valence-electron chi connectivity index (χ1n) is 9.77. The van der Waals surface area contributed by atoms with Gasteiger partial charge in [0.2, 0.25) is 0 Å². The van der Waals surface area contributed by atoms with E-state index >= 15 is 0 Å². The lowest BCUT2D eigenvalue weighted by Gasteiger charge is -2.15. The maximum atomic E-state index is 13.3. The summed E-state index contributed by atoms with van der Waals surface area (Å²) < 4.78 is 8.02. The molecule has 2 N–H and O–H groups in total. The molecule has 4 aromatic heterocycles. The van der Waals surface area contributed by atoms with Crippen LogP contribution in [0.4, 0.5) is 0 Å². The van der Waals surface area contributed by atoms with Gasteiger partial charge in [0.1, 0.15) is 16.8 Å². The van der Waals surface area contributed by atoms with Crippen LogP contribution in [0.1, 0.15) is 21.5 Å². The summed E-state index contributed by atoms with van der Waals surface area (Å²) in [5, 5.41) is 11.7. The van der Waals surface area contributed by atoms with E-state index in [1.165, 1.54) is 10.5 Å². The van der Waals surface area contributed by atoms with Crippen LogP contribution >= 0.6 is 0 Å². The summed E-state index contributed by atoms with van der Waals surface area (Å²) in [6, 6.07) is 8.73. The fourth-order valence-electron chi connectivity index (χ4n) is 3.40. The molecule has 0 spiro atoms. The van der Waals surface area contributed by atoms with Gasteiger partial charge in [0.05, 0.1) is 24.1 Å². The molecular weight excluding hydrogens is 396 g/mol. The Hall–Kier alpha value is -3.85. The van der Waals surface area contributed by atoms with Gasteiger partial charge >= 0.3 is 0 Å². The van der Waals surface area contributed by atoms with E-state index in [0.717, 1.165) is 11.1 Å². The molecular formula is C22H22N6O3. The van der Waals surface area contributed by atoms with Gasteiger partial charge in [0.25, 0.3) is 11.5 Å². The van der Waals surface area contributed by atoms with E-state index in [-0.39, 0.29) is 28.5 Å². The van der Waals surface area contributed by atoms with E-state index in [9.17, 15) is 9.59 Å². The van der Waals surface area contributed by atoms with Crippen molar-refractivity contribution in [2.75, 3.05) is 20.3 Å². The summed E-state index contributed by atoms with van der Waals surface area (Å²) in [7, 11) is 1.54. The molecule has 158 valence electrons. The number of ether oxygens (including phenoxy) is 1. The fourth-order valence-corrected chi connectivity index (χ4v) is 3.40. The van der Waals surface area contributed by atoms with E-state index < -0.39 is 5.91 Å². The number of hydrogen-bond acceptors (Lipinski definition) is 6. The first kappa shape index (κ1) is 20.4. The molecule has 0 aliphatic rings. The van der Waals surface area contributed by atoms with Crippen LogP contribution < -0.4 is 16.4 Å². The van der Waals surface area contributed by atoms with Gasteiger partial charge in [-0.05, 0) is 42.3 Å². The number of methoxy groups -OCH3 is 1. The predicted molar refractivity (Wildman–Crippen MR) is 115 cm³/mol. The van der Waals surface area contributed by atoms with Gasteiger partial charge in [-0.3, -0.25) is 24.4 Å². The Kier molecular flexibility index (Phi) is 5.59. The minimum absolute atomic E-state index is 0.0254. The number of nitrogens with zero attached hydrogens (tertiary/aromatic N) is 4. The average Bonchev–Trinajstić information content (AvgIpc) is 2.77. The second-order valence-electron chi connectivity index (χ2n) is 7.19. The molecule has 0 fully saturated rings. The SMILES string of the molecule is COCCNC(=O)c1cc2c(=O)n3cc(C)ccc3nc2n(Cc2ccncc2)c1=N. The van der Waals surface area contributed by atoms with Gasteiger partial charge in [-0.15, -0.1) is 0 Å². The molecule has 0 unspecified atom stereocenters. The largest absolute Gasteiger partial charge is 0.383 e. The molecule has 4 rings (SSSR count). The monoisotopic (exact) mass is 418 g/mol. The number of rotatable bonds is 6. The summed E-state index contributed by atoms with van der Waals surface area (Å²) in [5.74, 6) is -0.443. The Morgan fingerprint density at radius 1 is 1.23 bits per heavy atom. The third-order valence-electron chi connectivity index (χ3n) is 4.98. The molecule has 0 aliphatic carbocycles. The molecule has 0 aromatic carbocycles. The molecule has 4 aromatic rings. The Morgan fingerprint density at radius 2 is 2.00 bits per heavy atom. The first-order chi connectivity index (χ1) is 15.0. The van der Waals surface area contributed by atoms with Gasteiger partial charge in [-0.25, -0.2) is 4.98 Å². The topological polar surface area (TPSA) is 114 Å². The Bertz CT molecular complexity index is 1390. The van der Waals surface area contributed by atoms with E-state index in [2.05, 4.69) is 15.3 Å². The number of fused-ring (bicyclic) bond motifs is 2. The minimum atomic E-state index is -0.443. The van der Waals surface area contributed by atoms with Gasteiger partial charge in [0, 0.05) is 32.2 Å². The number of hydrogen-bond donors (Lipinski definition) is 2. The molecule has 0 saturated heterocycles. The van der Waals surface area contributed by atoms with Gasteiger partial charge in [-0.2, -0.15) is 0 Å². The Labute approximate surface area is 177 Å². The fraction of sp³-hybridized carbons (Fsp3) is 0.227. The average molecular weight is 418 g/mol. The van der Waals surface area contributed by atoms with E-state index in [1.807, 2.05) is 25.1 Å². The molecule has 9 nitrogen and oxygen atoms in total. The smallest absolute Gasteiger partial charge is 0.267 e. The van der Waals surface area contributed by atoms with Crippen molar-refractivity contribution < 1.29 is 9.53 Å². The summed E-state index contributed by atoms with van der Waals surface area (Å²) in [6.45, 7) is 2.80. The second kappa shape index (κ2) is 8.49. The summed E-state index contributed by atoms with van der Waals surface area (Å²) >= 11 is 0. The Morgan fingerprint density at radius 3 is 2.74 bits per heavy atom. The zero-order valence-electron chi connectivity index (χ0n) is 17.3. The van der Waals surface area contributed by atoms with Crippen LogP contribution in [0, 0.1) is 12.3 Å². The number of carbonyl (C=O) groups is 1. The van der Waals surface area contributed by atoms with Crippen molar-refractivity contribution in [1.29, 1.82) is 5.41 Å². The number of pyridine rings is 3. The molecule has 0 bridgehead atoms. The van der Waals surface area contributed by atoms with Crippen molar-refractivity contribution in [3.05, 3.63) is 81.5 Å². The highest BCUT2D eigenvalue weighted by Gasteiger charge is 2.17. The number of amides is 1. The number of carbonyl (C=O) groups excluding carboxylic acids is 1. The van der Waals surface area contributed by atoms with Gasteiger partial charge in [0.15, 0.2) is 0 Å². The van der Waals surface area contributed by atoms with Crippen molar-refractivity contribution in [2.24, 2.45) is 0 Å². The summed E-state index contributed by atoms with van der Waals surface area (Å²) in [4.78, 5) is 34.7. The maximum Gasteiger partial charge on any atom is 0.267 e. The first-order valence-corrected chi connectivity index (χ1v) is 9.77. The van der Waals surface area contributed by atoms with Crippen molar-refractivity contribution in [3.63, 3.8) is 0 Å². The van der Waals surface area contributed by atoms with E-state index in [4.69, 9.17) is 10.1 Å². The van der Waals surface area contributed by atoms with E-state index in [0.29, 0.717) is 24.4 Å². The summed E-state index contributed by atoms with van der Waals surface area (Å²) in [6.07, 6.45) is 5.03. The van der Waals surface area contributed by atoms with Crippen LogP contribution in [0.3, 0.4) is 0 Å². The maximum absolute atomic E-state index is 13.3. The number of aromatic nitrogens is 4. The van der Waals surface area contributed by atoms with Crippen LogP contribution in [0.2, 0.25) is 0 Å². The van der Waals surface area contributed by atoms with Crippen molar-refractivity contribution >= 4 is 22.6 Å². The molecule has 4 heterocycles. The minimum Gasteiger partial charge on any atom is -0.383 e. The van der Waals surface area contributed by atoms with Crippen molar-refractivity contribution in [2.45, 2.75) is 13.5 Å². The van der Waals surface area contributed by atoms with Crippen LogP contribution in [0.25, 0.3) is 16.7 Å². The second-order valence-corrected chi connectivity index (χ2v) is 7.19. The molecule has 1 amide bonds. The lowest BCUT2D eigenvalue weighted by Crippen LogP contribution is -2.36. The standard InChI is InChI=1S/C22H22N6O3/c1-14-3-4-18-26-20-17(22(30)27(18)12-14)11-16(21(29)25-9-10-31-2)19(23)28(20)13-15-5-7-24-8-6-15/h3-8,11-12,23H,9-10,13H2,1-2H3,(H,25,29). The number of aryl methyl sites for hydroxylation is 1. The van der Waals surface area contributed by atoms with Crippen LogP contribution in [-0.4, -0.2) is 45.1 Å². The highest BCUT2D eigenvalue weighted by atomic mass is 16.5. The zero-order valence-corrected chi connectivity index (χ0v) is 17.3. The van der Waals surface area contributed by atoms with Gasteiger partial charge in [-0.1, -0.05) is 6.07 Å². The third-order valence-corrected chi connectivity index (χ3v) is 4.98. The third kappa shape index (κ3) is 3.95. The number of nitrogens with one attached hydrogen (secondary N) is 2. The normalized spacial score (nSPS) is 11.2. The van der Waals surface area contributed by atoms with E-state index in [1.54, 1.807) is 36.3 Å². The summed E-state index contributed by atoms with van der Waals surface area (Å²) in [5.41, 5.74) is 2.39. The Balaban J connectivity index is 1.98. The quantitative estimate of drug-likeness (QED) is 0.361. The lowest BCUT2D eigenvalue weighted by molar-refractivity contribution is 0.0934. The highest BCUT2D eigenvalue weighted by molar-refractivity contribution is 5.96. The molecule has 0 radical (unpaired) electrons. The molecule has 31 heavy (non-hydrogen) atoms. The molecule has 0 atom stereocenters. The molecule has 0 saturated carbocycles. The predicted octanol–water partition coefficient (Wildman–Crippen LogP) is 1.26. The van der Waals surface area contributed by atoms with Crippen molar-refractivity contribution in [3.8, 4) is 0 Å². The molecule has 0 aliphatic heterocycles. The lowest BCUT2D eigenvalue weighted by atomic mass is 10.1. The zero-order chi connectivity index (χ0) is 22.0. The molecule has 9 heteroatoms. The van der Waals surface area contributed by atoms with Gasteiger partial charge < -0.3 is 14.6 Å². The van der Waals surface area contributed by atoms with Crippen molar-refractivity contribution in [1.82, 2.24) is 24.3 Å².